The molecule has 4 N–H and O–H groups in total. The van der Waals surface area contributed by atoms with Crippen LogP contribution in [0.15, 0.2) is 17.0 Å². The molecule has 0 spiro atoms. The lowest BCUT2D eigenvalue weighted by Gasteiger charge is -2.10. The van der Waals surface area contributed by atoms with E-state index in [1.807, 2.05) is 0 Å². The summed E-state index contributed by atoms with van der Waals surface area (Å²) in [4.78, 5) is 11.0. The molecule has 0 aliphatic rings. The second kappa shape index (κ2) is 4.11. The molecule has 1 amide bonds. The number of aryl methyl sites for hydroxylation is 1. The normalized spacial score (nSPS) is 11.2. The lowest BCUT2D eigenvalue weighted by molar-refractivity contribution is 0.0997. The van der Waals surface area contributed by atoms with E-state index < -0.39 is 15.9 Å². The Morgan fingerprint density at radius 3 is 2.31 bits per heavy atom. The molecular formula is C9H12N2O4S. The summed E-state index contributed by atoms with van der Waals surface area (Å²) in [5.74, 6) is -0.523. The van der Waals surface area contributed by atoms with Crippen molar-refractivity contribution in [2.45, 2.75) is 11.8 Å². The van der Waals surface area contributed by atoms with Crippen LogP contribution in [-0.4, -0.2) is 21.4 Å². The van der Waals surface area contributed by atoms with Gasteiger partial charge in [-0.15, -0.1) is 0 Å². The second-order valence-electron chi connectivity index (χ2n) is 3.23. The van der Waals surface area contributed by atoms with Crippen LogP contribution in [0.4, 0.5) is 0 Å². The van der Waals surface area contributed by atoms with Gasteiger partial charge in [0, 0.05) is 0 Å². The summed E-state index contributed by atoms with van der Waals surface area (Å²) in [6.07, 6.45) is 0. The number of methoxy groups -OCH3 is 1. The molecule has 0 aliphatic carbocycles. The number of rotatable bonds is 3. The predicted molar refractivity (Wildman–Crippen MR) is 57.6 cm³/mol. The fourth-order valence-electron chi connectivity index (χ4n) is 1.36. The van der Waals surface area contributed by atoms with Crippen LogP contribution < -0.4 is 15.6 Å². The molecule has 0 saturated carbocycles. The Balaban J connectivity index is 3.59. The summed E-state index contributed by atoms with van der Waals surface area (Å²) in [7, 11) is -2.50. The first-order valence-corrected chi connectivity index (χ1v) is 5.83. The zero-order chi connectivity index (χ0) is 12.5. The highest BCUT2D eigenvalue weighted by Gasteiger charge is 2.17. The van der Waals surface area contributed by atoms with Gasteiger partial charge in [-0.3, -0.25) is 4.79 Å². The number of hydrogen-bond donors (Lipinski definition) is 2. The van der Waals surface area contributed by atoms with Crippen LogP contribution >= 0.6 is 0 Å². The third-order valence-electron chi connectivity index (χ3n) is 2.05. The molecule has 0 unspecified atom stereocenters. The number of nitrogens with two attached hydrogens (primary N) is 2. The number of primary sulfonamides is 1. The van der Waals surface area contributed by atoms with Crippen LogP contribution in [0.2, 0.25) is 0 Å². The zero-order valence-electron chi connectivity index (χ0n) is 8.85. The standard InChI is InChI=1S/C9H12N2O4S/c1-5-3-6(16(11,13)14)4-7(9(10)12)8(5)15-2/h3-4H,1-2H3,(H2,10,12)(H2,11,13,14). The summed E-state index contributed by atoms with van der Waals surface area (Å²) >= 11 is 0. The van der Waals surface area contributed by atoms with Crippen LogP contribution in [-0.2, 0) is 10.0 Å². The zero-order valence-corrected chi connectivity index (χ0v) is 9.67. The highest BCUT2D eigenvalue weighted by molar-refractivity contribution is 7.89. The Morgan fingerprint density at radius 2 is 1.94 bits per heavy atom. The maximum Gasteiger partial charge on any atom is 0.252 e. The van der Waals surface area contributed by atoms with E-state index in [1.54, 1.807) is 6.92 Å². The van der Waals surface area contributed by atoms with Crippen LogP contribution in [0.1, 0.15) is 15.9 Å². The van der Waals surface area contributed by atoms with Gasteiger partial charge in [0.25, 0.3) is 5.91 Å². The molecule has 1 aromatic rings. The Kier molecular flexibility index (Phi) is 3.20. The van der Waals surface area contributed by atoms with Crippen molar-refractivity contribution in [1.29, 1.82) is 0 Å². The van der Waals surface area contributed by atoms with Crippen molar-refractivity contribution in [3.63, 3.8) is 0 Å². The summed E-state index contributed by atoms with van der Waals surface area (Å²) in [6.45, 7) is 1.60. The van der Waals surface area contributed by atoms with Crippen LogP contribution in [0.5, 0.6) is 5.75 Å². The Hall–Kier alpha value is -1.60. The molecule has 0 radical (unpaired) electrons. The molecule has 6 nitrogen and oxygen atoms in total. The highest BCUT2D eigenvalue weighted by atomic mass is 32.2. The van der Waals surface area contributed by atoms with Gasteiger partial charge >= 0.3 is 0 Å². The van der Waals surface area contributed by atoms with Crippen molar-refractivity contribution in [2.75, 3.05) is 7.11 Å². The van der Waals surface area contributed by atoms with Crippen LogP contribution in [0.25, 0.3) is 0 Å². The van der Waals surface area contributed by atoms with Crippen molar-refractivity contribution in [3.8, 4) is 5.75 Å². The molecular weight excluding hydrogens is 232 g/mol. The van der Waals surface area contributed by atoms with E-state index in [0.717, 1.165) is 6.07 Å². The van der Waals surface area contributed by atoms with E-state index >= 15 is 0 Å². The number of ether oxygens (including phenoxy) is 1. The first-order chi connectivity index (χ1) is 7.27. The summed E-state index contributed by atoms with van der Waals surface area (Å²) < 4.78 is 27.3. The van der Waals surface area contributed by atoms with Gasteiger partial charge in [0.1, 0.15) is 5.75 Å². The number of amides is 1. The van der Waals surface area contributed by atoms with Gasteiger partial charge in [0.15, 0.2) is 0 Å². The van der Waals surface area contributed by atoms with Gasteiger partial charge in [-0.25, -0.2) is 13.6 Å². The molecule has 7 heteroatoms. The van der Waals surface area contributed by atoms with Gasteiger partial charge < -0.3 is 10.5 Å². The molecule has 0 aliphatic heterocycles. The van der Waals surface area contributed by atoms with E-state index in [4.69, 9.17) is 15.6 Å². The monoisotopic (exact) mass is 244 g/mol. The average molecular weight is 244 g/mol. The Labute approximate surface area is 93.2 Å². The quantitative estimate of drug-likeness (QED) is 0.763. The maximum atomic E-state index is 11.1. The van der Waals surface area contributed by atoms with Gasteiger partial charge in [-0.05, 0) is 24.6 Å². The fraction of sp³-hybridized carbons (Fsp3) is 0.222. The van der Waals surface area contributed by atoms with E-state index in [2.05, 4.69) is 0 Å². The third-order valence-corrected chi connectivity index (χ3v) is 2.94. The molecule has 1 aromatic carbocycles. The van der Waals surface area contributed by atoms with Gasteiger partial charge in [0.2, 0.25) is 10.0 Å². The van der Waals surface area contributed by atoms with E-state index in [0.29, 0.717) is 5.56 Å². The van der Waals surface area contributed by atoms with Crippen LogP contribution in [0.3, 0.4) is 0 Å². The van der Waals surface area contributed by atoms with Gasteiger partial charge in [-0.2, -0.15) is 0 Å². The molecule has 0 aromatic heterocycles. The number of primary amides is 1. The fourth-order valence-corrected chi connectivity index (χ4v) is 1.98. The molecule has 0 heterocycles. The number of carbonyl (C=O) groups is 1. The number of carbonyl (C=O) groups excluding carboxylic acids is 1. The topological polar surface area (TPSA) is 112 Å². The van der Waals surface area contributed by atoms with Crippen molar-refractivity contribution in [1.82, 2.24) is 0 Å². The molecule has 0 atom stereocenters. The van der Waals surface area contributed by atoms with E-state index in [9.17, 15) is 13.2 Å². The summed E-state index contributed by atoms with van der Waals surface area (Å²) in [6, 6.07) is 2.42. The van der Waals surface area contributed by atoms with Gasteiger partial charge in [-0.1, -0.05) is 0 Å². The van der Waals surface area contributed by atoms with E-state index in [-0.39, 0.29) is 16.2 Å². The highest BCUT2D eigenvalue weighted by Crippen LogP contribution is 2.26. The van der Waals surface area contributed by atoms with Crippen molar-refractivity contribution >= 4 is 15.9 Å². The van der Waals surface area contributed by atoms with Crippen molar-refractivity contribution < 1.29 is 17.9 Å². The number of benzene rings is 1. The minimum Gasteiger partial charge on any atom is -0.496 e. The summed E-state index contributed by atoms with van der Waals surface area (Å²) in [5, 5.41) is 4.97. The minimum atomic E-state index is -3.87. The largest absolute Gasteiger partial charge is 0.496 e. The van der Waals surface area contributed by atoms with E-state index in [1.165, 1.54) is 13.2 Å². The molecule has 1 rings (SSSR count). The molecule has 88 valence electrons. The first-order valence-electron chi connectivity index (χ1n) is 4.28. The second-order valence-corrected chi connectivity index (χ2v) is 4.79. The SMILES string of the molecule is COc1c(C)cc(S(N)(=O)=O)cc1C(N)=O. The third kappa shape index (κ3) is 2.31. The van der Waals surface area contributed by atoms with Crippen LogP contribution in [0, 0.1) is 6.92 Å². The molecule has 16 heavy (non-hydrogen) atoms. The minimum absolute atomic E-state index is 0.00785. The summed E-state index contributed by atoms with van der Waals surface area (Å²) in [5.41, 5.74) is 5.58. The number of hydrogen-bond acceptors (Lipinski definition) is 4. The maximum absolute atomic E-state index is 11.1. The molecule has 0 bridgehead atoms. The molecule has 0 saturated heterocycles. The predicted octanol–water partition coefficient (Wildman–Crippen LogP) is -0.250. The lowest BCUT2D eigenvalue weighted by Crippen LogP contribution is -2.17. The lowest BCUT2D eigenvalue weighted by atomic mass is 10.1. The Morgan fingerprint density at radius 1 is 1.38 bits per heavy atom. The Bertz CT molecular complexity index is 537. The first kappa shape index (κ1) is 12.5. The van der Waals surface area contributed by atoms with Gasteiger partial charge in [0.05, 0.1) is 17.6 Å². The number of sulfonamides is 1. The average Bonchev–Trinajstić information content (AvgIpc) is 2.14. The smallest absolute Gasteiger partial charge is 0.252 e. The molecule has 0 fully saturated rings. The van der Waals surface area contributed by atoms with Crippen molar-refractivity contribution in [2.24, 2.45) is 10.9 Å². The van der Waals surface area contributed by atoms with Crippen molar-refractivity contribution in [3.05, 3.63) is 23.3 Å².